The number of hydrogen-bond donors (Lipinski definition) is 1. The van der Waals surface area contributed by atoms with Crippen molar-refractivity contribution in [3.63, 3.8) is 0 Å². The van der Waals surface area contributed by atoms with Gasteiger partial charge in [0, 0.05) is 29.5 Å². The van der Waals surface area contributed by atoms with Crippen molar-refractivity contribution in [1.82, 2.24) is 4.68 Å². The molecule has 33 heavy (non-hydrogen) atoms. The van der Waals surface area contributed by atoms with Gasteiger partial charge in [-0.05, 0) is 42.4 Å². The molecule has 3 heterocycles. The van der Waals surface area contributed by atoms with Crippen LogP contribution >= 0.6 is 11.8 Å². The molecular weight excluding hydrogens is 432 g/mol. The van der Waals surface area contributed by atoms with E-state index >= 15 is 0 Å². The van der Waals surface area contributed by atoms with Crippen LogP contribution in [0, 0.1) is 11.3 Å². The lowest BCUT2D eigenvalue weighted by molar-refractivity contribution is 0.0852. The molecule has 2 aliphatic heterocycles. The third kappa shape index (κ3) is 4.08. The Labute approximate surface area is 198 Å². The maximum atomic E-state index is 13.2. The first-order valence-corrected chi connectivity index (χ1v) is 12.4. The second kappa shape index (κ2) is 8.41. The summed E-state index contributed by atoms with van der Waals surface area (Å²) in [4.78, 5) is 26.4. The van der Waals surface area contributed by atoms with Crippen LogP contribution in [0.4, 0.5) is 0 Å². The normalized spacial score (nSPS) is 29.1. The molecule has 1 saturated carbocycles. The van der Waals surface area contributed by atoms with Gasteiger partial charge in [0.25, 0.3) is 0 Å². The van der Waals surface area contributed by atoms with Gasteiger partial charge in [-0.15, -0.1) is 11.8 Å². The maximum absolute atomic E-state index is 13.2. The number of carbonyl (C=O) groups excluding carboxylic acids is 1. The summed E-state index contributed by atoms with van der Waals surface area (Å²) in [5.74, 6) is 0.502. The number of allylic oxidation sites excluding steroid dienone is 7. The van der Waals surface area contributed by atoms with Crippen LogP contribution in [0.3, 0.4) is 0 Å². The van der Waals surface area contributed by atoms with Crippen LogP contribution in [0.2, 0.25) is 0 Å². The molecule has 2 unspecified atom stereocenters. The summed E-state index contributed by atoms with van der Waals surface area (Å²) in [6.45, 7) is 6.92. The van der Waals surface area contributed by atoms with Gasteiger partial charge in [0.05, 0.1) is 11.5 Å². The number of carbonyl (C=O) groups is 1. The van der Waals surface area contributed by atoms with Crippen molar-refractivity contribution in [2.45, 2.75) is 32.2 Å². The predicted molar refractivity (Wildman–Crippen MR) is 134 cm³/mol. The van der Waals surface area contributed by atoms with Crippen LogP contribution in [0.5, 0.6) is 5.75 Å². The Bertz CT molecular complexity index is 1230. The summed E-state index contributed by atoms with van der Waals surface area (Å²) in [5, 5.41) is 12.7. The molecule has 5 nitrogen and oxygen atoms in total. The standard InChI is InChI=1S/C27H28N2O3S/c1-18-8-9-20-14-19(2)33-16-21(15-20)6-4-3-5-7-22(18)29-17-27(11-12-27)26(32)24-25(31)23(30)10-13-28(24)29/h3-6,8-10,13-15,18,22,31H,2,7,11-12,16-17H2,1H3/b5-3-,6-4-,9-8-. The molecule has 1 N–H and O–H groups in total. The maximum Gasteiger partial charge on any atom is 0.224 e. The molecule has 6 heteroatoms. The summed E-state index contributed by atoms with van der Waals surface area (Å²) < 4.78 is 1.72. The van der Waals surface area contributed by atoms with Crippen LogP contribution in [-0.4, -0.2) is 33.9 Å². The zero-order valence-corrected chi connectivity index (χ0v) is 19.6. The molecule has 1 aromatic rings. The fourth-order valence-electron chi connectivity index (χ4n) is 4.83. The summed E-state index contributed by atoms with van der Waals surface area (Å²) in [6, 6.07) is 1.38. The average Bonchev–Trinajstić information content (AvgIpc) is 3.58. The number of ketones is 1. The zero-order chi connectivity index (χ0) is 23.2. The average molecular weight is 461 g/mol. The van der Waals surface area contributed by atoms with Gasteiger partial charge in [0.2, 0.25) is 5.43 Å². The zero-order valence-electron chi connectivity index (χ0n) is 18.7. The van der Waals surface area contributed by atoms with Gasteiger partial charge < -0.3 is 10.1 Å². The molecule has 1 fully saturated rings. The van der Waals surface area contributed by atoms with Crippen LogP contribution in [0.1, 0.15) is 36.7 Å². The van der Waals surface area contributed by atoms with E-state index in [4.69, 9.17) is 0 Å². The molecule has 5 rings (SSSR count). The van der Waals surface area contributed by atoms with Crippen molar-refractivity contribution < 1.29 is 9.90 Å². The predicted octanol–water partition coefficient (Wildman–Crippen LogP) is 4.66. The number of rotatable bonds is 1. The van der Waals surface area contributed by atoms with Crippen molar-refractivity contribution in [1.29, 1.82) is 0 Å². The molecule has 2 bridgehead atoms. The number of fused-ring (bicyclic) bond motifs is 2. The highest BCUT2D eigenvalue weighted by atomic mass is 32.2. The highest BCUT2D eigenvalue weighted by Crippen LogP contribution is 2.52. The van der Waals surface area contributed by atoms with Crippen molar-refractivity contribution in [2.24, 2.45) is 11.3 Å². The van der Waals surface area contributed by atoms with E-state index in [9.17, 15) is 14.7 Å². The first kappa shape index (κ1) is 21.8. The molecule has 0 amide bonds. The minimum absolute atomic E-state index is 0.0453. The van der Waals surface area contributed by atoms with Gasteiger partial charge >= 0.3 is 0 Å². The van der Waals surface area contributed by atoms with E-state index in [0.29, 0.717) is 6.54 Å². The van der Waals surface area contributed by atoms with Crippen molar-refractivity contribution >= 4 is 17.5 Å². The minimum atomic E-state index is -0.509. The Kier molecular flexibility index (Phi) is 5.57. The summed E-state index contributed by atoms with van der Waals surface area (Å²) in [7, 11) is 0. The molecule has 2 aliphatic carbocycles. The molecule has 0 aromatic carbocycles. The molecule has 4 aliphatic rings. The summed E-state index contributed by atoms with van der Waals surface area (Å²) >= 11 is 1.74. The molecule has 1 spiro atoms. The number of aromatic hydroxyl groups is 1. The first-order valence-electron chi connectivity index (χ1n) is 11.4. The lowest BCUT2D eigenvalue weighted by Crippen LogP contribution is -2.56. The molecule has 2 atom stereocenters. The van der Waals surface area contributed by atoms with Crippen molar-refractivity contribution in [3.8, 4) is 5.75 Å². The van der Waals surface area contributed by atoms with Gasteiger partial charge in [0.1, 0.15) is 0 Å². The monoisotopic (exact) mass is 460 g/mol. The molecule has 0 radical (unpaired) electrons. The van der Waals surface area contributed by atoms with Gasteiger partial charge in [-0.2, -0.15) is 0 Å². The molecule has 170 valence electrons. The van der Waals surface area contributed by atoms with Crippen molar-refractivity contribution in [3.05, 3.63) is 99.4 Å². The molecule has 0 saturated heterocycles. The fraction of sp³-hybridized carbons (Fsp3) is 0.333. The van der Waals surface area contributed by atoms with E-state index in [0.717, 1.165) is 35.5 Å². The second-order valence-corrected chi connectivity index (χ2v) is 10.5. The van der Waals surface area contributed by atoms with Gasteiger partial charge in [-0.1, -0.05) is 56.0 Å². The third-order valence-corrected chi connectivity index (χ3v) is 7.93. The highest BCUT2D eigenvalue weighted by molar-refractivity contribution is 8.03. The van der Waals surface area contributed by atoms with E-state index in [-0.39, 0.29) is 23.4 Å². The largest absolute Gasteiger partial charge is 0.503 e. The first-order chi connectivity index (χ1) is 15.9. The number of pyridine rings is 1. The topological polar surface area (TPSA) is 62.5 Å². The van der Waals surface area contributed by atoms with E-state index < -0.39 is 16.6 Å². The Morgan fingerprint density at radius 2 is 2.00 bits per heavy atom. The lowest BCUT2D eigenvalue weighted by Gasteiger charge is -2.43. The quantitative estimate of drug-likeness (QED) is 0.661. The van der Waals surface area contributed by atoms with E-state index in [1.165, 1.54) is 11.6 Å². The van der Waals surface area contributed by atoms with E-state index in [1.807, 2.05) is 0 Å². The Balaban J connectivity index is 1.56. The van der Waals surface area contributed by atoms with Gasteiger partial charge in [-0.3, -0.25) is 14.3 Å². The fourth-order valence-corrected chi connectivity index (χ4v) is 5.58. The molecule has 1 aromatic heterocycles. The van der Waals surface area contributed by atoms with E-state index in [2.05, 4.69) is 67.1 Å². The van der Waals surface area contributed by atoms with Crippen LogP contribution in [-0.2, 0) is 0 Å². The smallest absolute Gasteiger partial charge is 0.224 e. The number of Topliss-reactive ketones (excluding diaryl/α,β-unsaturated/α-hetero) is 1. The Morgan fingerprint density at radius 1 is 1.18 bits per heavy atom. The number of thioether (sulfide) groups is 1. The molecular formula is C27H28N2O3S. The Morgan fingerprint density at radius 3 is 2.79 bits per heavy atom. The number of hydrogen-bond acceptors (Lipinski definition) is 5. The lowest BCUT2D eigenvalue weighted by atomic mass is 9.90. The third-order valence-electron chi connectivity index (χ3n) is 6.97. The minimum Gasteiger partial charge on any atom is -0.503 e. The SMILES string of the molecule is C=C1C=C2C=C(/C=C\C=C/CC(N3CC4(CC4)C(=O)c4c(O)c(=O)ccn43)C(C)/C=C\2)CS1. The van der Waals surface area contributed by atoms with Crippen LogP contribution < -0.4 is 10.4 Å². The van der Waals surface area contributed by atoms with Crippen LogP contribution in [0.25, 0.3) is 0 Å². The van der Waals surface area contributed by atoms with Crippen LogP contribution in [0.15, 0.2) is 88.3 Å². The number of aromatic nitrogens is 1. The summed E-state index contributed by atoms with van der Waals surface area (Å²) in [6.07, 6.45) is 21.1. The Hall–Kier alpha value is -2.99. The van der Waals surface area contributed by atoms with E-state index in [1.54, 1.807) is 22.6 Å². The van der Waals surface area contributed by atoms with Gasteiger partial charge in [-0.25, -0.2) is 0 Å². The highest BCUT2D eigenvalue weighted by Gasteiger charge is 2.56. The second-order valence-electron chi connectivity index (χ2n) is 9.36. The summed E-state index contributed by atoms with van der Waals surface area (Å²) in [5.41, 5.74) is 1.50. The van der Waals surface area contributed by atoms with Crippen molar-refractivity contribution in [2.75, 3.05) is 17.3 Å². The number of nitrogens with zero attached hydrogens (tertiary/aromatic N) is 2. The van der Waals surface area contributed by atoms with Gasteiger partial charge in [0.15, 0.2) is 17.2 Å².